The van der Waals surface area contributed by atoms with Crippen molar-refractivity contribution in [1.29, 1.82) is 0 Å². The number of hydrogen-bond acceptors (Lipinski definition) is 7. The Morgan fingerprint density at radius 1 is 1.13 bits per heavy atom. The van der Waals surface area contributed by atoms with Crippen LogP contribution >= 0.6 is 11.6 Å². The van der Waals surface area contributed by atoms with Crippen molar-refractivity contribution in [2.75, 3.05) is 12.3 Å². The van der Waals surface area contributed by atoms with Crippen LogP contribution in [0.15, 0.2) is 30.5 Å². The molecule has 0 fully saturated rings. The van der Waals surface area contributed by atoms with Crippen molar-refractivity contribution in [2.24, 2.45) is 0 Å². The van der Waals surface area contributed by atoms with Crippen molar-refractivity contribution in [3.8, 4) is 11.6 Å². The largest absolute Gasteiger partial charge is 0.462 e. The van der Waals surface area contributed by atoms with Crippen LogP contribution in [0.4, 0.5) is 5.82 Å². The molecule has 31 heavy (non-hydrogen) atoms. The molecule has 0 radical (unpaired) electrons. The third kappa shape index (κ3) is 3.96. The van der Waals surface area contributed by atoms with Gasteiger partial charge in [-0.05, 0) is 44.5 Å². The average molecular weight is 440 g/mol. The summed E-state index contributed by atoms with van der Waals surface area (Å²) >= 11 is 6.15. The number of unbranched alkanes of at least 4 members (excludes halogenated alkanes) is 1. The smallest absolute Gasteiger partial charge is 0.343 e. The lowest BCUT2D eigenvalue weighted by Gasteiger charge is -2.12. The number of nitrogen functional groups attached to an aromatic ring is 1. The van der Waals surface area contributed by atoms with Crippen molar-refractivity contribution in [3.05, 3.63) is 52.4 Å². The average Bonchev–Trinajstić information content (AvgIpc) is 3.28. The fraction of sp³-hybridized carbons (Fsp3) is 0.286. The number of ether oxygens (including phenoxy) is 1. The summed E-state index contributed by atoms with van der Waals surface area (Å²) in [7, 11) is 0. The number of aromatic nitrogens is 6. The Kier molecular flexibility index (Phi) is 5.60. The molecule has 0 aliphatic heterocycles. The quantitative estimate of drug-likeness (QED) is 0.359. The number of nitrogens with two attached hydrogens (primary N) is 1. The van der Waals surface area contributed by atoms with Gasteiger partial charge in [-0.25, -0.2) is 19.4 Å². The van der Waals surface area contributed by atoms with Crippen LogP contribution in [-0.4, -0.2) is 42.1 Å². The van der Waals surface area contributed by atoms with E-state index < -0.39 is 5.97 Å². The van der Waals surface area contributed by atoms with Crippen LogP contribution in [-0.2, 0) is 4.74 Å². The summed E-state index contributed by atoms with van der Waals surface area (Å²) in [5.74, 6) is 0.341. The third-order valence-corrected chi connectivity index (χ3v) is 4.99. The van der Waals surface area contributed by atoms with Crippen molar-refractivity contribution < 1.29 is 9.53 Å². The number of carbonyl (C=O) groups excluding carboxylic acids is 1. The fourth-order valence-electron chi connectivity index (χ4n) is 3.21. The number of nitrogens with zero attached hydrogens (tertiary/aromatic N) is 6. The van der Waals surface area contributed by atoms with Crippen molar-refractivity contribution in [2.45, 2.75) is 33.6 Å². The first-order chi connectivity index (χ1) is 14.9. The van der Waals surface area contributed by atoms with E-state index in [1.807, 2.05) is 26.8 Å². The first-order valence-corrected chi connectivity index (χ1v) is 10.3. The number of esters is 1. The number of carbonyl (C=O) groups is 1. The zero-order chi connectivity index (χ0) is 22.1. The van der Waals surface area contributed by atoms with Crippen LogP contribution in [0, 0.1) is 13.8 Å². The van der Waals surface area contributed by atoms with E-state index >= 15 is 0 Å². The number of halogens is 1. The Balaban J connectivity index is 1.87. The Hall–Kier alpha value is -3.46. The fourth-order valence-corrected chi connectivity index (χ4v) is 3.37. The lowest BCUT2D eigenvalue weighted by molar-refractivity contribution is 0.0501. The van der Waals surface area contributed by atoms with Gasteiger partial charge < -0.3 is 10.5 Å². The van der Waals surface area contributed by atoms with Gasteiger partial charge in [0.1, 0.15) is 11.4 Å². The summed E-state index contributed by atoms with van der Waals surface area (Å²) in [6.45, 7) is 6.15. The van der Waals surface area contributed by atoms with Gasteiger partial charge in [0.2, 0.25) is 5.82 Å². The molecule has 0 spiro atoms. The zero-order valence-corrected chi connectivity index (χ0v) is 18.2. The van der Waals surface area contributed by atoms with Crippen molar-refractivity contribution in [3.63, 3.8) is 0 Å². The van der Waals surface area contributed by atoms with Crippen LogP contribution in [0.25, 0.3) is 22.7 Å². The number of fused-ring (bicyclic) bond motifs is 1. The molecule has 10 heteroatoms. The summed E-state index contributed by atoms with van der Waals surface area (Å²) in [6, 6.07) is 7.17. The highest BCUT2D eigenvalue weighted by Crippen LogP contribution is 2.26. The van der Waals surface area contributed by atoms with Gasteiger partial charge in [-0.15, -0.1) is 0 Å². The maximum Gasteiger partial charge on any atom is 0.343 e. The Morgan fingerprint density at radius 3 is 2.58 bits per heavy atom. The summed E-state index contributed by atoms with van der Waals surface area (Å²) < 4.78 is 8.32. The van der Waals surface area contributed by atoms with E-state index in [0.717, 1.165) is 24.2 Å². The number of hydrogen-bond donors (Lipinski definition) is 1. The molecule has 3 aromatic heterocycles. The highest BCUT2D eigenvalue weighted by atomic mass is 35.5. The molecule has 0 unspecified atom stereocenters. The molecule has 9 nitrogen and oxygen atoms in total. The van der Waals surface area contributed by atoms with Crippen LogP contribution in [0.2, 0.25) is 5.02 Å². The molecular weight excluding hydrogens is 418 g/mol. The van der Waals surface area contributed by atoms with Gasteiger partial charge in [-0.2, -0.15) is 14.9 Å². The summed E-state index contributed by atoms with van der Waals surface area (Å²) in [6.07, 6.45) is 3.07. The molecule has 2 N–H and O–H groups in total. The highest BCUT2D eigenvalue weighted by molar-refractivity contribution is 6.31. The van der Waals surface area contributed by atoms with Gasteiger partial charge in [-0.3, -0.25) is 0 Å². The second-order valence-electron chi connectivity index (χ2n) is 7.19. The van der Waals surface area contributed by atoms with E-state index in [-0.39, 0.29) is 11.4 Å². The molecular formula is C21H22ClN7O2. The van der Waals surface area contributed by atoms with Crippen molar-refractivity contribution in [1.82, 2.24) is 29.5 Å². The van der Waals surface area contributed by atoms with E-state index in [1.54, 1.807) is 22.9 Å². The SMILES string of the molecule is CCCCOC(=O)c1cnn(-c2nc3cc(Cl)ccc3nc2-n2nc(C)cc2C)c1N. The number of benzene rings is 1. The van der Waals surface area contributed by atoms with E-state index in [9.17, 15) is 4.79 Å². The lowest BCUT2D eigenvalue weighted by atomic mass is 10.3. The molecule has 160 valence electrons. The van der Waals surface area contributed by atoms with E-state index in [1.165, 1.54) is 10.9 Å². The topological polar surface area (TPSA) is 114 Å². The molecule has 0 aliphatic rings. The molecule has 1 aromatic carbocycles. The third-order valence-electron chi connectivity index (χ3n) is 4.76. The van der Waals surface area contributed by atoms with Gasteiger partial charge in [0.25, 0.3) is 0 Å². The summed E-state index contributed by atoms with van der Waals surface area (Å²) in [4.78, 5) is 21.9. The monoisotopic (exact) mass is 439 g/mol. The first kappa shape index (κ1) is 20.8. The molecule has 0 saturated carbocycles. The molecule has 0 saturated heterocycles. The minimum absolute atomic E-state index is 0.111. The van der Waals surface area contributed by atoms with Crippen LogP contribution in [0.1, 0.15) is 41.5 Å². The Labute approximate surface area is 183 Å². The second kappa shape index (κ2) is 8.35. The predicted octanol–water partition coefficient (Wildman–Crippen LogP) is 3.81. The van der Waals surface area contributed by atoms with E-state index in [2.05, 4.69) is 10.2 Å². The molecule has 0 aliphatic carbocycles. The van der Waals surface area contributed by atoms with Gasteiger partial charge in [0, 0.05) is 10.7 Å². The van der Waals surface area contributed by atoms with Gasteiger partial charge in [0.15, 0.2) is 5.82 Å². The maximum absolute atomic E-state index is 12.4. The van der Waals surface area contributed by atoms with E-state index in [0.29, 0.717) is 34.3 Å². The first-order valence-electron chi connectivity index (χ1n) is 9.91. The predicted molar refractivity (Wildman–Crippen MR) is 118 cm³/mol. The van der Waals surface area contributed by atoms with E-state index in [4.69, 9.17) is 32.0 Å². The minimum Gasteiger partial charge on any atom is -0.462 e. The molecule has 3 heterocycles. The van der Waals surface area contributed by atoms with Crippen LogP contribution in [0.5, 0.6) is 0 Å². The van der Waals surface area contributed by atoms with Gasteiger partial charge in [-0.1, -0.05) is 24.9 Å². The van der Waals surface area contributed by atoms with Crippen LogP contribution < -0.4 is 5.73 Å². The summed E-state index contributed by atoms with van der Waals surface area (Å²) in [5.41, 5.74) is 9.35. The molecule has 4 aromatic rings. The van der Waals surface area contributed by atoms with Gasteiger partial charge >= 0.3 is 5.97 Å². The van der Waals surface area contributed by atoms with Gasteiger partial charge in [0.05, 0.1) is 29.5 Å². The molecule has 0 amide bonds. The lowest BCUT2D eigenvalue weighted by Crippen LogP contribution is -2.14. The molecule has 0 bridgehead atoms. The highest BCUT2D eigenvalue weighted by Gasteiger charge is 2.23. The standard InChI is InChI=1S/C21H22ClN7O2/c1-4-5-8-31-21(30)15-11-24-29(18(15)23)20-19(28-13(3)9-12(2)27-28)25-16-7-6-14(22)10-17(16)26-20/h6-7,9-11H,4-5,8,23H2,1-3H3. The Bertz CT molecular complexity index is 1280. The van der Waals surface area contributed by atoms with Crippen molar-refractivity contribution >= 4 is 34.4 Å². The second-order valence-corrected chi connectivity index (χ2v) is 7.62. The zero-order valence-electron chi connectivity index (χ0n) is 17.5. The normalized spacial score (nSPS) is 11.2. The summed E-state index contributed by atoms with van der Waals surface area (Å²) in [5, 5.41) is 9.36. The minimum atomic E-state index is -0.526. The maximum atomic E-state index is 12.4. The molecule has 4 rings (SSSR count). The number of aryl methyl sites for hydroxylation is 2. The number of rotatable bonds is 6. The molecule has 0 atom stereocenters. The van der Waals surface area contributed by atoms with Crippen LogP contribution in [0.3, 0.4) is 0 Å². The Morgan fingerprint density at radius 2 is 1.87 bits per heavy atom. The number of anilines is 1.